The first-order chi connectivity index (χ1) is 14.7. The minimum absolute atomic E-state index is 0.0886. The van der Waals surface area contributed by atoms with Crippen molar-refractivity contribution in [2.24, 2.45) is 5.92 Å². The van der Waals surface area contributed by atoms with Crippen LogP contribution in [0.15, 0.2) is 41.9 Å². The predicted octanol–water partition coefficient (Wildman–Crippen LogP) is 5.99. The number of hydrogen-bond donors (Lipinski definition) is 1. The van der Waals surface area contributed by atoms with Crippen molar-refractivity contribution in [2.75, 3.05) is 18.0 Å². The number of rotatable bonds is 5. The number of hydrogen-bond acceptors (Lipinski definition) is 5. The van der Waals surface area contributed by atoms with Gasteiger partial charge in [-0.1, -0.05) is 18.2 Å². The number of ether oxygens (including phenoxy) is 1. The van der Waals surface area contributed by atoms with Crippen molar-refractivity contribution in [1.29, 1.82) is 0 Å². The zero-order chi connectivity index (χ0) is 22.2. The Kier molecular flexibility index (Phi) is 5.67. The van der Waals surface area contributed by atoms with Gasteiger partial charge in [-0.25, -0.2) is 4.98 Å². The van der Waals surface area contributed by atoms with Gasteiger partial charge < -0.3 is 14.7 Å². The number of thiazole rings is 1. The van der Waals surface area contributed by atoms with Gasteiger partial charge in [0.05, 0.1) is 15.9 Å². The van der Waals surface area contributed by atoms with Crippen molar-refractivity contribution in [3.8, 4) is 11.5 Å². The van der Waals surface area contributed by atoms with Crippen LogP contribution in [0, 0.1) is 5.92 Å². The van der Waals surface area contributed by atoms with Crippen LogP contribution in [0.1, 0.15) is 18.4 Å². The molecule has 2 aromatic carbocycles. The lowest BCUT2D eigenvalue weighted by Crippen LogP contribution is -2.42. The largest absolute Gasteiger partial charge is 0.504 e. The molecule has 4 nitrogen and oxygen atoms in total. The second-order valence-electron chi connectivity index (χ2n) is 7.49. The number of fused-ring (bicyclic) bond motifs is 1. The van der Waals surface area contributed by atoms with E-state index in [2.05, 4.69) is 9.72 Å². The van der Waals surface area contributed by atoms with Gasteiger partial charge in [0, 0.05) is 13.1 Å². The van der Waals surface area contributed by atoms with Crippen LogP contribution < -0.4 is 9.64 Å². The fourth-order valence-electron chi connectivity index (χ4n) is 3.82. The SMILES string of the molecule is Oc1c(N2CCC(Cc3ccccc3OC(F)(F)C(F)(F)F)CC2)ccc2scnc12. The Morgan fingerprint density at radius 2 is 1.77 bits per heavy atom. The van der Waals surface area contributed by atoms with Gasteiger partial charge in [-0.05, 0) is 48.9 Å². The molecular formula is C21H19F5N2O2S. The van der Waals surface area contributed by atoms with Crippen LogP contribution in [-0.2, 0) is 6.42 Å². The fraction of sp³-hybridized carbons (Fsp3) is 0.381. The summed E-state index contributed by atoms with van der Waals surface area (Å²) in [6.45, 7) is 1.24. The average molecular weight is 458 g/mol. The van der Waals surface area contributed by atoms with Crippen molar-refractivity contribution in [1.82, 2.24) is 4.98 Å². The number of benzene rings is 2. The van der Waals surface area contributed by atoms with Gasteiger partial charge >= 0.3 is 12.3 Å². The predicted molar refractivity (Wildman–Crippen MR) is 108 cm³/mol. The van der Waals surface area contributed by atoms with E-state index >= 15 is 0 Å². The van der Waals surface area contributed by atoms with Gasteiger partial charge in [0.15, 0.2) is 5.75 Å². The molecule has 31 heavy (non-hydrogen) atoms. The number of phenols is 1. The highest BCUT2D eigenvalue weighted by Crippen LogP contribution is 2.40. The van der Waals surface area contributed by atoms with E-state index in [1.807, 2.05) is 17.0 Å². The number of piperidine rings is 1. The van der Waals surface area contributed by atoms with Crippen LogP contribution >= 0.6 is 11.3 Å². The zero-order valence-corrected chi connectivity index (χ0v) is 17.0. The molecule has 0 bridgehead atoms. The summed E-state index contributed by atoms with van der Waals surface area (Å²) in [6, 6.07) is 9.35. The molecule has 0 unspecified atom stereocenters. The van der Waals surface area contributed by atoms with E-state index in [4.69, 9.17) is 0 Å². The third-order valence-electron chi connectivity index (χ3n) is 5.46. The van der Waals surface area contributed by atoms with E-state index in [9.17, 15) is 27.1 Å². The number of aromatic nitrogens is 1. The highest BCUT2D eigenvalue weighted by atomic mass is 32.1. The Morgan fingerprint density at radius 1 is 1.06 bits per heavy atom. The van der Waals surface area contributed by atoms with Crippen LogP contribution in [-0.4, -0.2) is 35.5 Å². The molecular weight excluding hydrogens is 439 g/mol. The Hall–Kier alpha value is -2.62. The molecule has 0 aliphatic carbocycles. The summed E-state index contributed by atoms with van der Waals surface area (Å²) >= 11 is 1.44. The normalized spacial score (nSPS) is 16.1. The van der Waals surface area contributed by atoms with E-state index in [0.29, 0.717) is 49.1 Å². The van der Waals surface area contributed by atoms with Gasteiger partial charge in [0.25, 0.3) is 0 Å². The third kappa shape index (κ3) is 4.39. The van der Waals surface area contributed by atoms with Crippen molar-refractivity contribution in [2.45, 2.75) is 31.5 Å². The Labute approximate surface area is 178 Å². The van der Waals surface area contributed by atoms with E-state index in [-0.39, 0.29) is 11.7 Å². The highest BCUT2D eigenvalue weighted by molar-refractivity contribution is 7.16. The number of para-hydroxylation sites is 1. The van der Waals surface area contributed by atoms with E-state index in [0.717, 1.165) is 10.8 Å². The lowest BCUT2D eigenvalue weighted by Gasteiger charge is -2.34. The van der Waals surface area contributed by atoms with Gasteiger partial charge in [0.1, 0.15) is 11.3 Å². The van der Waals surface area contributed by atoms with Gasteiger partial charge in [-0.15, -0.1) is 11.3 Å². The Bertz CT molecular complexity index is 1060. The van der Waals surface area contributed by atoms with Crippen molar-refractivity contribution in [3.63, 3.8) is 0 Å². The number of phenolic OH excluding ortho intramolecular Hbond substituents is 1. The molecule has 1 aromatic heterocycles. The van der Waals surface area contributed by atoms with Gasteiger partial charge in [-0.2, -0.15) is 22.0 Å². The van der Waals surface area contributed by atoms with Gasteiger partial charge in [-0.3, -0.25) is 0 Å². The molecule has 166 valence electrons. The van der Waals surface area contributed by atoms with Crippen molar-refractivity contribution >= 4 is 27.2 Å². The topological polar surface area (TPSA) is 45.6 Å². The first-order valence-corrected chi connectivity index (χ1v) is 10.6. The molecule has 0 atom stereocenters. The fourth-order valence-corrected chi connectivity index (χ4v) is 4.50. The first kappa shape index (κ1) is 21.6. The summed E-state index contributed by atoms with van der Waals surface area (Å²) in [7, 11) is 0. The monoisotopic (exact) mass is 458 g/mol. The summed E-state index contributed by atoms with van der Waals surface area (Å²) < 4.78 is 69.2. The quantitative estimate of drug-likeness (QED) is 0.477. The summed E-state index contributed by atoms with van der Waals surface area (Å²) in [4.78, 5) is 6.22. The number of aromatic hydroxyl groups is 1. The van der Waals surface area contributed by atoms with Crippen LogP contribution in [0.25, 0.3) is 10.2 Å². The molecule has 1 aliphatic heterocycles. The molecule has 4 rings (SSSR count). The molecule has 10 heteroatoms. The van der Waals surface area contributed by atoms with E-state index in [1.54, 1.807) is 11.6 Å². The Balaban J connectivity index is 1.43. The lowest BCUT2D eigenvalue weighted by molar-refractivity contribution is -0.360. The number of anilines is 1. The summed E-state index contributed by atoms with van der Waals surface area (Å²) in [5.74, 6) is -0.241. The third-order valence-corrected chi connectivity index (χ3v) is 6.25. The van der Waals surface area contributed by atoms with E-state index in [1.165, 1.54) is 23.5 Å². The maximum atomic E-state index is 13.4. The molecule has 1 fully saturated rings. The highest BCUT2D eigenvalue weighted by Gasteiger charge is 2.61. The molecule has 0 saturated carbocycles. The minimum atomic E-state index is -5.79. The Morgan fingerprint density at radius 3 is 2.48 bits per heavy atom. The van der Waals surface area contributed by atoms with Crippen LogP contribution in [0.4, 0.5) is 27.6 Å². The maximum Gasteiger partial charge on any atom is 0.499 e. The number of halogens is 5. The summed E-state index contributed by atoms with van der Waals surface area (Å²) in [5.41, 5.74) is 3.23. The minimum Gasteiger partial charge on any atom is -0.504 e. The van der Waals surface area contributed by atoms with Crippen LogP contribution in [0.2, 0.25) is 0 Å². The molecule has 3 aromatic rings. The second kappa shape index (κ2) is 8.14. The van der Waals surface area contributed by atoms with Crippen LogP contribution in [0.3, 0.4) is 0 Å². The first-order valence-electron chi connectivity index (χ1n) is 9.67. The number of alkyl halides is 5. The molecule has 0 spiro atoms. The zero-order valence-electron chi connectivity index (χ0n) is 16.2. The standard InChI is InChI=1S/C21H19F5N2O2S/c22-20(23,24)21(25,26)30-16-4-2-1-3-14(16)11-13-7-9-28(10-8-13)15-5-6-17-18(19(15)29)27-12-31-17/h1-6,12-13,29H,7-11H2. The summed E-state index contributed by atoms with van der Waals surface area (Å²) in [6.07, 6.45) is -9.32. The van der Waals surface area contributed by atoms with Gasteiger partial charge in [0.2, 0.25) is 0 Å². The maximum absolute atomic E-state index is 13.4. The lowest BCUT2D eigenvalue weighted by atomic mass is 9.89. The molecule has 2 heterocycles. The summed E-state index contributed by atoms with van der Waals surface area (Å²) in [5, 5.41) is 10.5. The molecule has 1 saturated heterocycles. The van der Waals surface area contributed by atoms with Crippen molar-refractivity contribution in [3.05, 3.63) is 47.5 Å². The van der Waals surface area contributed by atoms with Crippen LogP contribution in [0.5, 0.6) is 11.5 Å². The van der Waals surface area contributed by atoms with Crippen molar-refractivity contribution < 1.29 is 31.8 Å². The smallest absolute Gasteiger partial charge is 0.499 e. The molecule has 0 amide bonds. The van der Waals surface area contributed by atoms with E-state index < -0.39 is 18.0 Å². The second-order valence-corrected chi connectivity index (χ2v) is 8.38. The molecule has 1 N–H and O–H groups in total. The molecule has 0 radical (unpaired) electrons. The molecule has 1 aliphatic rings. The average Bonchev–Trinajstić information content (AvgIpc) is 3.19. The number of nitrogens with zero attached hydrogens (tertiary/aromatic N) is 2.